The van der Waals surface area contributed by atoms with Crippen molar-refractivity contribution in [1.82, 2.24) is 19.7 Å². The van der Waals surface area contributed by atoms with Crippen molar-refractivity contribution in [2.24, 2.45) is 12.8 Å². The van der Waals surface area contributed by atoms with Crippen molar-refractivity contribution < 1.29 is 0 Å². The van der Waals surface area contributed by atoms with E-state index >= 15 is 0 Å². The van der Waals surface area contributed by atoms with Crippen LogP contribution in [0.15, 0.2) is 23.0 Å². The summed E-state index contributed by atoms with van der Waals surface area (Å²) in [5.74, 6) is 0. The Kier molecular flexibility index (Phi) is 2.53. The van der Waals surface area contributed by atoms with Crippen LogP contribution in [0.1, 0.15) is 11.4 Å². The second-order valence-corrected chi connectivity index (χ2v) is 4.57. The molecule has 0 unspecified atom stereocenters. The highest BCUT2D eigenvalue weighted by Crippen LogP contribution is 2.28. The number of H-pyrrole nitrogens is 2. The Balaban J connectivity index is 2.26. The van der Waals surface area contributed by atoms with E-state index in [-0.39, 0.29) is 5.69 Å². The molecule has 0 spiro atoms. The van der Waals surface area contributed by atoms with Crippen LogP contribution in [0.5, 0.6) is 0 Å². The number of hydrogen-bond acceptors (Lipinski definition) is 3. The molecule has 3 aromatic rings. The molecule has 2 heterocycles. The van der Waals surface area contributed by atoms with Gasteiger partial charge in [0.15, 0.2) is 0 Å². The fourth-order valence-corrected chi connectivity index (χ4v) is 2.50. The summed E-state index contributed by atoms with van der Waals surface area (Å²) in [7, 11) is 1.88. The number of aromatic amines is 2. The molecule has 6 heteroatoms. The Hall–Kier alpha value is -2.34. The van der Waals surface area contributed by atoms with E-state index in [9.17, 15) is 4.79 Å². The number of rotatable bonds is 2. The first-order valence-electron chi connectivity index (χ1n) is 6.05. The summed E-state index contributed by atoms with van der Waals surface area (Å²) >= 11 is 0. The Morgan fingerprint density at radius 2 is 2.05 bits per heavy atom. The van der Waals surface area contributed by atoms with Gasteiger partial charge >= 0.3 is 5.69 Å². The van der Waals surface area contributed by atoms with Gasteiger partial charge in [0.2, 0.25) is 0 Å². The number of imidazole rings is 1. The van der Waals surface area contributed by atoms with E-state index in [0.29, 0.717) is 6.54 Å². The summed E-state index contributed by atoms with van der Waals surface area (Å²) in [5.41, 5.74) is 11.1. The highest BCUT2D eigenvalue weighted by molar-refractivity contribution is 5.82. The minimum atomic E-state index is -0.200. The SMILES string of the molecule is Cc1nn(C)c(CN)c1-c1ccc2[nH]c(=O)[nH]c2c1. The fourth-order valence-electron chi connectivity index (χ4n) is 2.50. The second-order valence-electron chi connectivity index (χ2n) is 4.57. The fraction of sp³-hybridized carbons (Fsp3) is 0.231. The summed E-state index contributed by atoms with van der Waals surface area (Å²) in [4.78, 5) is 16.8. The summed E-state index contributed by atoms with van der Waals surface area (Å²) in [5, 5.41) is 4.40. The molecule has 0 radical (unpaired) electrons. The molecule has 98 valence electrons. The van der Waals surface area contributed by atoms with Crippen molar-refractivity contribution in [3.05, 3.63) is 40.1 Å². The first-order chi connectivity index (χ1) is 9.10. The maximum Gasteiger partial charge on any atom is 0.323 e. The van der Waals surface area contributed by atoms with Crippen LogP contribution in [0.3, 0.4) is 0 Å². The summed E-state index contributed by atoms with van der Waals surface area (Å²) in [6.45, 7) is 2.38. The molecular formula is C13H15N5O. The summed E-state index contributed by atoms with van der Waals surface area (Å²) < 4.78 is 1.80. The van der Waals surface area contributed by atoms with Crippen LogP contribution < -0.4 is 11.4 Å². The molecule has 6 nitrogen and oxygen atoms in total. The number of fused-ring (bicyclic) bond motifs is 1. The minimum absolute atomic E-state index is 0.200. The quantitative estimate of drug-likeness (QED) is 0.640. The molecular weight excluding hydrogens is 242 g/mol. The zero-order valence-electron chi connectivity index (χ0n) is 10.8. The van der Waals surface area contributed by atoms with Crippen molar-refractivity contribution in [1.29, 1.82) is 0 Å². The van der Waals surface area contributed by atoms with E-state index in [1.807, 2.05) is 32.2 Å². The molecule has 0 aliphatic rings. The summed E-state index contributed by atoms with van der Waals surface area (Å²) in [6, 6.07) is 5.79. The smallest absolute Gasteiger partial charge is 0.323 e. The number of aromatic nitrogens is 4. The molecule has 0 fully saturated rings. The van der Waals surface area contributed by atoms with Gasteiger partial charge < -0.3 is 15.7 Å². The van der Waals surface area contributed by atoms with E-state index in [1.165, 1.54) is 0 Å². The Bertz CT molecular complexity index is 808. The average Bonchev–Trinajstić information content (AvgIpc) is 2.86. The highest BCUT2D eigenvalue weighted by atomic mass is 16.1. The van der Waals surface area contributed by atoms with Gasteiger partial charge in [0, 0.05) is 19.2 Å². The second kappa shape index (κ2) is 4.10. The van der Waals surface area contributed by atoms with E-state index in [1.54, 1.807) is 4.68 Å². The lowest BCUT2D eigenvalue weighted by atomic mass is 10.0. The third-order valence-corrected chi connectivity index (χ3v) is 3.34. The molecule has 4 N–H and O–H groups in total. The van der Waals surface area contributed by atoms with Crippen LogP contribution in [-0.4, -0.2) is 19.7 Å². The van der Waals surface area contributed by atoms with E-state index in [0.717, 1.165) is 33.5 Å². The number of hydrogen-bond donors (Lipinski definition) is 3. The third kappa shape index (κ3) is 1.77. The maximum absolute atomic E-state index is 11.3. The number of nitrogens with zero attached hydrogens (tertiary/aromatic N) is 2. The minimum Gasteiger partial charge on any atom is -0.325 e. The van der Waals surface area contributed by atoms with Crippen LogP contribution in [0, 0.1) is 6.92 Å². The molecule has 0 aliphatic heterocycles. The average molecular weight is 257 g/mol. The number of benzene rings is 1. The molecule has 2 aromatic heterocycles. The normalized spacial score (nSPS) is 11.3. The van der Waals surface area contributed by atoms with Crippen LogP contribution >= 0.6 is 0 Å². The first-order valence-corrected chi connectivity index (χ1v) is 6.05. The molecule has 0 saturated heterocycles. The van der Waals surface area contributed by atoms with Crippen molar-refractivity contribution >= 4 is 11.0 Å². The lowest BCUT2D eigenvalue weighted by Crippen LogP contribution is -2.05. The van der Waals surface area contributed by atoms with Gasteiger partial charge in [-0.2, -0.15) is 5.10 Å². The van der Waals surface area contributed by atoms with Crippen LogP contribution in [0.25, 0.3) is 22.2 Å². The molecule has 1 aromatic carbocycles. The highest BCUT2D eigenvalue weighted by Gasteiger charge is 2.14. The van der Waals surface area contributed by atoms with Crippen molar-refractivity contribution in [3.63, 3.8) is 0 Å². The van der Waals surface area contributed by atoms with E-state index in [2.05, 4.69) is 15.1 Å². The molecule has 0 saturated carbocycles. The van der Waals surface area contributed by atoms with Gasteiger partial charge in [-0.05, 0) is 24.6 Å². The van der Waals surface area contributed by atoms with Crippen molar-refractivity contribution in [3.8, 4) is 11.1 Å². The standard InChI is InChI=1S/C13H15N5O/c1-7-12(11(6-14)18(2)17-7)8-3-4-9-10(5-8)16-13(19)15-9/h3-5H,6,14H2,1-2H3,(H2,15,16,19). The van der Waals surface area contributed by atoms with Gasteiger partial charge in [-0.3, -0.25) is 4.68 Å². The monoisotopic (exact) mass is 257 g/mol. The Labute approximate surface area is 109 Å². The first kappa shape index (κ1) is 11.7. The van der Waals surface area contributed by atoms with Crippen LogP contribution in [0.4, 0.5) is 0 Å². The van der Waals surface area contributed by atoms with Crippen LogP contribution in [-0.2, 0) is 13.6 Å². The number of nitrogens with two attached hydrogens (primary N) is 1. The molecule has 0 amide bonds. The van der Waals surface area contributed by atoms with Gasteiger partial charge in [0.1, 0.15) is 0 Å². The molecule has 0 atom stereocenters. The third-order valence-electron chi connectivity index (χ3n) is 3.34. The molecule has 0 bridgehead atoms. The predicted molar refractivity (Wildman–Crippen MR) is 73.7 cm³/mol. The maximum atomic E-state index is 11.3. The largest absolute Gasteiger partial charge is 0.325 e. The number of nitrogens with one attached hydrogen (secondary N) is 2. The zero-order valence-corrected chi connectivity index (χ0v) is 10.8. The van der Waals surface area contributed by atoms with Crippen molar-refractivity contribution in [2.45, 2.75) is 13.5 Å². The van der Waals surface area contributed by atoms with Gasteiger partial charge in [0.05, 0.1) is 22.4 Å². The summed E-state index contributed by atoms with van der Waals surface area (Å²) in [6.07, 6.45) is 0. The zero-order chi connectivity index (χ0) is 13.6. The lowest BCUT2D eigenvalue weighted by molar-refractivity contribution is 0.706. The molecule has 3 rings (SSSR count). The Morgan fingerprint density at radius 1 is 1.32 bits per heavy atom. The molecule has 19 heavy (non-hydrogen) atoms. The van der Waals surface area contributed by atoms with E-state index < -0.39 is 0 Å². The molecule has 0 aliphatic carbocycles. The van der Waals surface area contributed by atoms with Crippen molar-refractivity contribution in [2.75, 3.05) is 0 Å². The van der Waals surface area contributed by atoms with Gasteiger partial charge in [-0.15, -0.1) is 0 Å². The Morgan fingerprint density at radius 3 is 2.79 bits per heavy atom. The van der Waals surface area contributed by atoms with Crippen LogP contribution in [0.2, 0.25) is 0 Å². The topological polar surface area (TPSA) is 92.5 Å². The lowest BCUT2D eigenvalue weighted by Gasteiger charge is -2.04. The van der Waals surface area contributed by atoms with E-state index in [4.69, 9.17) is 5.73 Å². The number of aryl methyl sites for hydroxylation is 2. The van der Waals surface area contributed by atoms with Gasteiger partial charge in [-0.1, -0.05) is 6.07 Å². The van der Waals surface area contributed by atoms with Gasteiger partial charge in [-0.25, -0.2) is 4.79 Å². The predicted octanol–water partition coefficient (Wildman–Crippen LogP) is 1.02. The van der Waals surface area contributed by atoms with Gasteiger partial charge in [0.25, 0.3) is 0 Å².